The number of likely N-dealkylation sites (N-methyl/N-ethyl adjacent to an activating group) is 1. The van der Waals surface area contributed by atoms with Crippen LogP contribution in [0.15, 0.2) is 0 Å². The van der Waals surface area contributed by atoms with Crippen LogP contribution >= 0.6 is 0 Å². The molecule has 5 heteroatoms. The van der Waals surface area contributed by atoms with Gasteiger partial charge in [0.1, 0.15) is 0 Å². The number of likely N-dealkylation sites (tertiary alicyclic amines) is 2. The van der Waals surface area contributed by atoms with Crippen molar-refractivity contribution >= 4 is 11.8 Å². The van der Waals surface area contributed by atoms with Gasteiger partial charge in [-0.2, -0.15) is 0 Å². The van der Waals surface area contributed by atoms with Gasteiger partial charge in [-0.05, 0) is 46.1 Å². The van der Waals surface area contributed by atoms with Crippen molar-refractivity contribution in [3.05, 3.63) is 0 Å². The standard InChI is InChI=1S/C18H33N3O2/c1-15(2)19(3)17(22)14-20-10-8-9-16(13-20)18(23)21-11-6-4-5-7-12-21/h15-16H,4-14H2,1-3H3/t16-/m1/s1. The number of carbonyl (C=O) groups is 2. The summed E-state index contributed by atoms with van der Waals surface area (Å²) in [4.78, 5) is 31.1. The fraction of sp³-hybridized carbons (Fsp3) is 0.889. The molecule has 0 bridgehead atoms. The van der Waals surface area contributed by atoms with Crippen LogP contribution in [0.3, 0.4) is 0 Å². The lowest BCUT2D eigenvalue weighted by Crippen LogP contribution is -2.48. The summed E-state index contributed by atoms with van der Waals surface area (Å²) in [7, 11) is 1.86. The van der Waals surface area contributed by atoms with Crippen LogP contribution in [0.4, 0.5) is 0 Å². The van der Waals surface area contributed by atoms with Crippen molar-refractivity contribution in [2.45, 2.75) is 58.4 Å². The second-order valence-electron chi connectivity index (χ2n) is 7.41. The monoisotopic (exact) mass is 323 g/mol. The van der Waals surface area contributed by atoms with Crippen molar-refractivity contribution in [2.24, 2.45) is 5.92 Å². The summed E-state index contributed by atoms with van der Waals surface area (Å²) in [5.41, 5.74) is 0. The molecular weight excluding hydrogens is 290 g/mol. The minimum absolute atomic E-state index is 0.0824. The second-order valence-corrected chi connectivity index (χ2v) is 7.41. The van der Waals surface area contributed by atoms with Crippen LogP contribution in [0.1, 0.15) is 52.4 Å². The highest BCUT2D eigenvalue weighted by Crippen LogP contribution is 2.21. The van der Waals surface area contributed by atoms with Gasteiger partial charge in [0.15, 0.2) is 0 Å². The maximum absolute atomic E-state index is 12.8. The second kappa shape index (κ2) is 8.67. The molecule has 1 atom stereocenters. The molecule has 0 aliphatic carbocycles. The van der Waals surface area contributed by atoms with E-state index in [2.05, 4.69) is 9.80 Å². The molecule has 0 N–H and O–H groups in total. The summed E-state index contributed by atoms with van der Waals surface area (Å²) in [5.74, 6) is 0.558. The number of rotatable bonds is 4. The molecule has 132 valence electrons. The van der Waals surface area contributed by atoms with Gasteiger partial charge < -0.3 is 9.80 Å². The highest BCUT2D eigenvalue weighted by molar-refractivity contribution is 5.80. The van der Waals surface area contributed by atoms with E-state index in [1.54, 1.807) is 4.90 Å². The molecule has 5 nitrogen and oxygen atoms in total. The lowest BCUT2D eigenvalue weighted by molar-refractivity contribution is -0.139. The molecule has 0 aromatic heterocycles. The lowest BCUT2D eigenvalue weighted by Gasteiger charge is -2.35. The topological polar surface area (TPSA) is 43.9 Å². The molecule has 0 spiro atoms. The van der Waals surface area contributed by atoms with Crippen molar-refractivity contribution in [3.8, 4) is 0 Å². The number of hydrogen-bond donors (Lipinski definition) is 0. The van der Waals surface area contributed by atoms with E-state index in [0.29, 0.717) is 12.5 Å². The summed E-state index contributed by atoms with van der Waals surface area (Å²) in [6.07, 6.45) is 6.76. The average Bonchev–Trinajstić information content (AvgIpc) is 2.82. The molecular formula is C18H33N3O2. The van der Waals surface area contributed by atoms with E-state index in [9.17, 15) is 9.59 Å². The van der Waals surface area contributed by atoms with Gasteiger partial charge in [-0.25, -0.2) is 0 Å². The molecule has 2 aliphatic heterocycles. The largest absolute Gasteiger partial charge is 0.342 e. The van der Waals surface area contributed by atoms with Crippen molar-refractivity contribution in [1.29, 1.82) is 0 Å². The molecule has 0 saturated carbocycles. The molecule has 0 unspecified atom stereocenters. The Hall–Kier alpha value is -1.10. The van der Waals surface area contributed by atoms with Crippen molar-refractivity contribution < 1.29 is 9.59 Å². The first-order chi connectivity index (χ1) is 11.0. The van der Waals surface area contributed by atoms with Crippen LogP contribution in [0.25, 0.3) is 0 Å². The van der Waals surface area contributed by atoms with Gasteiger partial charge >= 0.3 is 0 Å². The summed E-state index contributed by atoms with van der Waals surface area (Å²) in [6.45, 7) is 8.02. The molecule has 2 amide bonds. The van der Waals surface area contributed by atoms with Crippen LogP contribution < -0.4 is 0 Å². The quantitative estimate of drug-likeness (QED) is 0.794. The Morgan fingerprint density at radius 2 is 1.70 bits per heavy atom. The van der Waals surface area contributed by atoms with Crippen molar-refractivity contribution in [1.82, 2.24) is 14.7 Å². The van der Waals surface area contributed by atoms with E-state index in [0.717, 1.165) is 51.9 Å². The zero-order valence-electron chi connectivity index (χ0n) is 15.1. The van der Waals surface area contributed by atoms with Crippen LogP contribution in [0.2, 0.25) is 0 Å². The van der Waals surface area contributed by atoms with E-state index in [1.807, 2.05) is 20.9 Å². The number of hydrogen-bond acceptors (Lipinski definition) is 3. The SMILES string of the molecule is CC(C)N(C)C(=O)CN1CCC[C@@H](C(=O)N2CCCCCC2)C1. The van der Waals surface area contributed by atoms with E-state index >= 15 is 0 Å². The third kappa shape index (κ3) is 5.20. The van der Waals surface area contributed by atoms with Crippen LogP contribution in [-0.2, 0) is 9.59 Å². The smallest absolute Gasteiger partial charge is 0.236 e. The first-order valence-electron chi connectivity index (χ1n) is 9.26. The van der Waals surface area contributed by atoms with Gasteiger partial charge in [0.25, 0.3) is 0 Å². The maximum atomic E-state index is 12.8. The average molecular weight is 323 g/mol. The molecule has 2 heterocycles. The van der Waals surface area contributed by atoms with Gasteiger partial charge in [0.05, 0.1) is 12.5 Å². The Balaban J connectivity index is 1.87. The zero-order valence-corrected chi connectivity index (χ0v) is 15.1. The molecule has 2 saturated heterocycles. The molecule has 23 heavy (non-hydrogen) atoms. The Morgan fingerprint density at radius 3 is 2.30 bits per heavy atom. The number of piperidine rings is 1. The molecule has 0 radical (unpaired) electrons. The van der Waals surface area contributed by atoms with Crippen LogP contribution in [0.5, 0.6) is 0 Å². The van der Waals surface area contributed by atoms with Gasteiger partial charge in [-0.1, -0.05) is 12.8 Å². The number of carbonyl (C=O) groups excluding carboxylic acids is 2. The summed E-state index contributed by atoms with van der Waals surface area (Å²) in [5, 5.41) is 0. The van der Waals surface area contributed by atoms with Gasteiger partial charge in [-0.15, -0.1) is 0 Å². The Bertz CT molecular complexity index is 403. The number of nitrogens with zero attached hydrogens (tertiary/aromatic N) is 3. The molecule has 2 aliphatic rings. The highest BCUT2D eigenvalue weighted by Gasteiger charge is 2.30. The Kier molecular flexibility index (Phi) is 6.88. The molecule has 2 rings (SSSR count). The van der Waals surface area contributed by atoms with E-state index in [4.69, 9.17) is 0 Å². The molecule has 0 aromatic rings. The third-order valence-corrected chi connectivity index (χ3v) is 5.30. The van der Waals surface area contributed by atoms with Gasteiger partial charge in [0.2, 0.25) is 11.8 Å². The fourth-order valence-corrected chi connectivity index (χ4v) is 3.54. The Morgan fingerprint density at radius 1 is 1.04 bits per heavy atom. The molecule has 2 fully saturated rings. The maximum Gasteiger partial charge on any atom is 0.236 e. The molecule has 0 aromatic carbocycles. The predicted molar refractivity (Wildman–Crippen MR) is 92.1 cm³/mol. The lowest BCUT2D eigenvalue weighted by atomic mass is 9.96. The van der Waals surface area contributed by atoms with E-state index in [1.165, 1.54) is 12.8 Å². The zero-order chi connectivity index (χ0) is 16.8. The van der Waals surface area contributed by atoms with Crippen LogP contribution in [-0.4, -0.2) is 72.3 Å². The van der Waals surface area contributed by atoms with E-state index in [-0.39, 0.29) is 17.9 Å². The summed E-state index contributed by atoms with van der Waals surface area (Å²) < 4.78 is 0. The third-order valence-electron chi connectivity index (χ3n) is 5.30. The minimum Gasteiger partial charge on any atom is -0.342 e. The van der Waals surface area contributed by atoms with E-state index < -0.39 is 0 Å². The summed E-state index contributed by atoms with van der Waals surface area (Å²) in [6, 6.07) is 0.224. The number of amides is 2. The first kappa shape index (κ1) is 18.2. The fourth-order valence-electron chi connectivity index (χ4n) is 3.54. The summed E-state index contributed by atoms with van der Waals surface area (Å²) >= 11 is 0. The van der Waals surface area contributed by atoms with Crippen LogP contribution in [0, 0.1) is 5.92 Å². The van der Waals surface area contributed by atoms with Crippen molar-refractivity contribution in [2.75, 3.05) is 39.8 Å². The van der Waals surface area contributed by atoms with Crippen molar-refractivity contribution in [3.63, 3.8) is 0 Å². The predicted octanol–water partition coefficient (Wildman–Crippen LogP) is 1.97. The van der Waals surface area contributed by atoms with Gasteiger partial charge in [-0.3, -0.25) is 14.5 Å². The minimum atomic E-state index is 0.0824. The first-order valence-corrected chi connectivity index (χ1v) is 9.26. The highest BCUT2D eigenvalue weighted by atomic mass is 16.2. The Labute approximate surface area is 141 Å². The van der Waals surface area contributed by atoms with Gasteiger partial charge in [0, 0.05) is 32.7 Å². The normalized spacial score (nSPS) is 23.7.